The maximum atomic E-state index is 14.1. The van der Waals surface area contributed by atoms with E-state index in [1.54, 1.807) is 28.7 Å². The molecule has 1 fully saturated rings. The third kappa shape index (κ3) is 4.48. The molecule has 2 aromatic heterocycles. The third-order valence-electron chi connectivity index (χ3n) is 4.85. The summed E-state index contributed by atoms with van der Waals surface area (Å²) in [6, 6.07) is 5.41. The van der Waals surface area contributed by atoms with Gasteiger partial charge in [-0.3, -0.25) is 4.79 Å². The van der Waals surface area contributed by atoms with Crippen molar-refractivity contribution in [1.29, 1.82) is 0 Å². The van der Waals surface area contributed by atoms with Crippen molar-refractivity contribution < 1.29 is 18.5 Å². The van der Waals surface area contributed by atoms with Gasteiger partial charge >= 0.3 is 6.03 Å². The van der Waals surface area contributed by atoms with Gasteiger partial charge in [0.15, 0.2) is 5.82 Å². The molecule has 0 unspecified atom stereocenters. The second-order valence-electron chi connectivity index (χ2n) is 7.06. The molecule has 8 nitrogen and oxygen atoms in total. The number of amides is 3. The van der Waals surface area contributed by atoms with E-state index in [1.165, 1.54) is 29.5 Å². The molecular weight excluding hydrogens is 409 g/mol. The number of aryl methyl sites for hydroxylation is 1. The highest BCUT2D eigenvalue weighted by Gasteiger charge is 2.28. The highest BCUT2D eigenvalue weighted by molar-refractivity contribution is 7.08. The van der Waals surface area contributed by atoms with E-state index in [0.717, 1.165) is 12.8 Å². The van der Waals surface area contributed by atoms with E-state index in [2.05, 4.69) is 20.8 Å². The van der Waals surface area contributed by atoms with Gasteiger partial charge in [-0.1, -0.05) is 5.16 Å². The number of urea groups is 1. The Hall–Kier alpha value is -3.27. The van der Waals surface area contributed by atoms with E-state index >= 15 is 0 Å². The summed E-state index contributed by atoms with van der Waals surface area (Å²) < 4.78 is 19.4. The quantitative estimate of drug-likeness (QED) is 0.646. The Balaban J connectivity index is 1.42. The van der Waals surface area contributed by atoms with Crippen LogP contribution >= 0.6 is 11.3 Å². The fourth-order valence-electron chi connectivity index (χ4n) is 3.33. The SMILES string of the molecule is Cc1noc([C@H]2CCCN(C(=O)Nc3ccc(F)c(NC(=O)c4ccsc4)c3)C2)n1. The van der Waals surface area contributed by atoms with E-state index in [1.807, 2.05) is 0 Å². The predicted molar refractivity (Wildman–Crippen MR) is 110 cm³/mol. The van der Waals surface area contributed by atoms with Gasteiger partial charge in [0.1, 0.15) is 5.82 Å². The summed E-state index contributed by atoms with van der Waals surface area (Å²) in [6.07, 6.45) is 1.67. The molecule has 1 aromatic carbocycles. The average Bonchev–Trinajstić information content (AvgIpc) is 3.42. The van der Waals surface area contributed by atoms with Crippen LogP contribution in [0.2, 0.25) is 0 Å². The second-order valence-corrected chi connectivity index (χ2v) is 7.84. The Kier molecular flexibility index (Phi) is 5.75. The van der Waals surface area contributed by atoms with E-state index in [4.69, 9.17) is 4.52 Å². The molecule has 1 aliphatic heterocycles. The van der Waals surface area contributed by atoms with Crippen molar-refractivity contribution in [2.24, 2.45) is 0 Å². The summed E-state index contributed by atoms with van der Waals surface area (Å²) in [7, 11) is 0. The molecule has 156 valence electrons. The molecule has 4 rings (SSSR count). The molecule has 1 atom stereocenters. The van der Waals surface area contributed by atoms with E-state index in [-0.39, 0.29) is 17.6 Å². The van der Waals surface area contributed by atoms with Crippen LogP contribution in [0.25, 0.3) is 0 Å². The standard InChI is InChI=1S/C20H20FN5O3S/c1-12-22-19(29-25-12)13-3-2-7-26(10-13)20(28)23-15-4-5-16(21)17(9-15)24-18(27)14-6-8-30-11-14/h4-6,8-9,11,13H,2-3,7,10H2,1H3,(H,23,28)(H,24,27)/t13-/m0/s1. The number of nitrogens with zero attached hydrogens (tertiary/aromatic N) is 3. The number of nitrogens with one attached hydrogen (secondary N) is 2. The molecule has 30 heavy (non-hydrogen) atoms. The molecule has 0 radical (unpaired) electrons. The minimum Gasteiger partial charge on any atom is -0.339 e. The number of aromatic nitrogens is 2. The van der Waals surface area contributed by atoms with Crippen LogP contribution in [0, 0.1) is 12.7 Å². The summed E-state index contributed by atoms with van der Waals surface area (Å²) >= 11 is 1.38. The van der Waals surface area contributed by atoms with Crippen LogP contribution in [0.4, 0.5) is 20.6 Å². The molecule has 3 aromatic rings. The second kappa shape index (κ2) is 8.62. The number of likely N-dealkylation sites (tertiary alicyclic amines) is 1. The number of piperidine rings is 1. The number of carbonyl (C=O) groups excluding carboxylic acids is 2. The van der Waals surface area contributed by atoms with Crippen molar-refractivity contribution in [3.8, 4) is 0 Å². The van der Waals surface area contributed by atoms with Gasteiger partial charge in [0.25, 0.3) is 5.91 Å². The van der Waals surface area contributed by atoms with Crippen molar-refractivity contribution in [2.75, 3.05) is 23.7 Å². The highest BCUT2D eigenvalue weighted by Crippen LogP contribution is 2.27. The fraction of sp³-hybridized carbons (Fsp3) is 0.300. The Labute approximate surface area is 176 Å². The maximum Gasteiger partial charge on any atom is 0.321 e. The molecular formula is C20H20FN5O3S. The molecule has 0 saturated carbocycles. The molecule has 3 amide bonds. The third-order valence-corrected chi connectivity index (χ3v) is 5.53. The molecule has 0 spiro atoms. The van der Waals surface area contributed by atoms with Crippen molar-refractivity contribution in [1.82, 2.24) is 15.0 Å². The summed E-state index contributed by atoms with van der Waals surface area (Å²) in [5, 5.41) is 12.6. The minimum absolute atomic E-state index is 0.00172. The van der Waals surface area contributed by atoms with Crippen molar-refractivity contribution in [3.05, 3.63) is 58.1 Å². The van der Waals surface area contributed by atoms with Crippen LogP contribution in [-0.2, 0) is 0 Å². The van der Waals surface area contributed by atoms with Crippen LogP contribution in [0.1, 0.15) is 40.8 Å². The monoisotopic (exact) mass is 429 g/mol. The fourth-order valence-corrected chi connectivity index (χ4v) is 3.97. The molecule has 1 saturated heterocycles. The van der Waals surface area contributed by atoms with Crippen LogP contribution in [-0.4, -0.2) is 40.1 Å². The largest absolute Gasteiger partial charge is 0.339 e. The lowest BCUT2D eigenvalue weighted by molar-refractivity contribution is 0.102. The number of halogens is 1. The van der Waals surface area contributed by atoms with Crippen molar-refractivity contribution in [3.63, 3.8) is 0 Å². The van der Waals surface area contributed by atoms with Gasteiger partial charge in [-0.2, -0.15) is 16.3 Å². The lowest BCUT2D eigenvalue weighted by Crippen LogP contribution is -2.41. The van der Waals surface area contributed by atoms with Gasteiger partial charge in [-0.25, -0.2) is 9.18 Å². The van der Waals surface area contributed by atoms with E-state index in [0.29, 0.717) is 36.1 Å². The van der Waals surface area contributed by atoms with Crippen LogP contribution in [0.15, 0.2) is 39.5 Å². The predicted octanol–water partition coefficient (Wildman–Crippen LogP) is 4.24. The highest BCUT2D eigenvalue weighted by atomic mass is 32.1. The van der Waals surface area contributed by atoms with Gasteiger partial charge in [0.05, 0.1) is 17.2 Å². The summed E-state index contributed by atoms with van der Waals surface area (Å²) in [4.78, 5) is 30.8. The Morgan fingerprint density at radius 2 is 2.17 bits per heavy atom. The number of carbonyl (C=O) groups is 2. The Bertz CT molecular complexity index is 1050. The molecule has 10 heteroatoms. The molecule has 0 aliphatic carbocycles. The van der Waals surface area contributed by atoms with Crippen molar-refractivity contribution in [2.45, 2.75) is 25.7 Å². The van der Waals surface area contributed by atoms with E-state index in [9.17, 15) is 14.0 Å². The lowest BCUT2D eigenvalue weighted by atomic mass is 9.98. The Morgan fingerprint density at radius 1 is 1.30 bits per heavy atom. The normalized spacial score (nSPS) is 16.3. The number of thiophene rings is 1. The first-order chi connectivity index (χ1) is 14.5. The van der Waals surface area contributed by atoms with Crippen LogP contribution in [0.3, 0.4) is 0 Å². The molecule has 1 aliphatic rings. The van der Waals surface area contributed by atoms with Gasteiger partial charge in [-0.05, 0) is 49.4 Å². The minimum atomic E-state index is -0.582. The molecule has 0 bridgehead atoms. The number of hydrogen-bond acceptors (Lipinski definition) is 6. The first-order valence-corrected chi connectivity index (χ1v) is 10.4. The van der Waals surface area contributed by atoms with Gasteiger partial charge in [0.2, 0.25) is 5.89 Å². The number of hydrogen-bond donors (Lipinski definition) is 2. The first-order valence-electron chi connectivity index (χ1n) is 9.49. The summed E-state index contributed by atoms with van der Waals surface area (Å²) in [5.41, 5.74) is 0.837. The topological polar surface area (TPSA) is 100 Å². The zero-order valence-corrected chi connectivity index (χ0v) is 17.0. The summed E-state index contributed by atoms with van der Waals surface area (Å²) in [5.74, 6) is 0.0910. The lowest BCUT2D eigenvalue weighted by Gasteiger charge is -2.31. The molecule has 2 N–H and O–H groups in total. The van der Waals surface area contributed by atoms with Crippen LogP contribution in [0.5, 0.6) is 0 Å². The molecule has 3 heterocycles. The number of benzene rings is 1. The van der Waals surface area contributed by atoms with Gasteiger partial charge in [-0.15, -0.1) is 0 Å². The smallest absolute Gasteiger partial charge is 0.321 e. The number of rotatable bonds is 4. The van der Waals surface area contributed by atoms with E-state index < -0.39 is 11.7 Å². The Morgan fingerprint density at radius 3 is 2.90 bits per heavy atom. The zero-order valence-electron chi connectivity index (χ0n) is 16.2. The maximum absolute atomic E-state index is 14.1. The van der Waals surface area contributed by atoms with Gasteiger partial charge < -0.3 is 20.1 Å². The van der Waals surface area contributed by atoms with Crippen molar-refractivity contribution >= 4 is 34.6 Å². The first kappa shape index (κ1) is 20.0. The average molecular weight is 429 g/mol. The van der Waals surface area contributed by atoms with Crippen LogP contribution < -0.4 is 10.6 Å². The zero-order chi connectivity index (χ0) is 21.1. The number of anilines is 2. The summed E-state index contributed by atoms with van der Waals surface area (Å²) in [6.45, 7) is 2.80. The van der Waals surface area contributed by atoms with Gasteiger partial charge in [0, 0.05) is 24.2 Å².